The number of carbonyl (C=O) groups is 1. The Labute approximate surface area is 106 Å². The lowest BCUT2D eigenvalue weighted by molar-refractivity contribution is -0.139. The van der Waals surface area contributed by atoms with Crippen LogP contribution in [-0.4, -0.2) is 32.6 Å². The van der Waals surface area contributed by atoms with Crippen molar-refractivity contribution in [1.82, 2.24) is 4.72 Å². The normalized spacial score (nSPS) is 13.0. The van der Waals surface area contributed by atoms with Crippen LogP contribution in [0.25, 0.3) is 0 Å². The third-order valence-electron chi connectivity index (χ3n) is 2.36. The van der Waals surface area contributed by atoms with Crippen molar-refractivity contribution in [2.75, 3.05) is 7.11 Å². The van der Waals surface area contributed by atoms with Crippen LogP contribution in [0.4, 0.5) is 0 Å². The van der Waals surface area contributed by atoms with E-state index >= 15 is 0 Å². The van der Waals surface area contributed by atoms with Gasteiger partial charge >= 0.3 is 5.97 Å². The standard InChI is InChI=1S/C11H15NO5S/c1-3-10(11(13)14)12-18(15,16)9-6-4-5-8(7-9)17-2/h4-7,10,12H,3H2,1-2H3,(H,13,14)/t10-/m1/s1. The molecule has 0 saturated heterocycles. The van der Waals surface area contributed by atoms with Gasteiger partial charge in [0, 0.05) is 6.07 Å². The Hall–Kier alpha value is -1.60. The molecule has 1 atom stereocenters. The van der Waals surface area contributed by atoms with Crippen LogP contribution in [0.1, 0.15) is 13.3 Å². The minimum Gasteiger partial charge on any atom is -0.497 e. The quantitative estimate of drug-likeness (QED) is 0.801. The lowest BCUT2D eigenvalue weighted by Gasteiger charge is -2.13. The summed E-state index contributed by atoms with van der Waals surface area (Å²) in [6, 6.07) is 4.69. The first-order chi connectivity index (χ1) is 8.40. The minimum absolute atomic E-state index is 0.0263. The Morgan fingerprint density at radius 2 is 2.17 bits per heavy atom. The van der Waals surface area contributed by atoms with Crippen molar-refractivity contribution in [1.29, 1.82) is 0 Å². The Bertz CT molecular complexity index is 526. The van der Waals surface area contributed by atoms with Gasteiger partial charge in [0.1, 0.15) is 11.8 Å². The molecule has 0 aliphatic heterocycles. The molecule has 0 saturated carbocycles. The summed E-state index contributed by atoms with van der Waals surface area (Å²) in [5.41, 5.74) is 0. The third kappa shape index (κ3) is 3.44. The van der Waals surface area contributed by atoms with E-state index in [-0.39, 0.29) is 11.3 Å². The van der Waals surface area contributed by atoms with Gasteiger partial charge in [-0.1, -0.05) is 13.0 Å². The molecule has 0 spiro atoms. The lowest BCUT2D eigenvalue weighted by Crippen LogP contribution is -2.40. The molecule has 1 rings (SSSR count). The molecule has 0 aliphatic carbocycles. The summed E-state index contributed by atoms with van der Waals surface area (Å²) in [7, 11) is -2.44. The van der Waals surface area contributed by atoms with E-state index in [9.17, 15) is 13.2 Å². The summed E-state index contributed by atoms with van der Waals surface area (Å²) in [4.78, 5) is 10.8. The maximum absolute atomic E-state index is 11.9. The van der Waals surface area contributed by atoms with Gasteiger partial charge in [0.2, 0.25) is 10.0 Å². The molecule has 0 aromatic heterocycles. The number of carboxylic acid groups (broad SMARTS) is 1. The Kier molecular flexibility index (Phi) is 4.69. The van der Waals surface area contributed by atoms with Crippen LogP contribution in [0.2, 0.25) is 0 Å². The SMILES string of the molecule is CC[C@@H](NS(=O)(=O)c1cccc(OC)c1)C(=O)O. The van der Waals surface area contributed by atoms with Crippen LogP contribution in [0.3, 0.4) is 0 Å². The number of benzene rings is 1. The molecule has 0 amide bonds. The Morgan fingerprint density at radius 1 is 1.50 bits per heavy atom. The zero-order chi connectivity index (χ0) is 13.8. The molecule has 0 bridgehead atoms. The van der Waals surface area contributed by atoms with E-state index in [4.69, 9.17) is 9.84 Å². The zero-order valence-electron chi connectivity index (χ0n) is 10.1. The Balaban J connectivity index is 3.02. The molecule has 0 heterocycles. The van der Waals surface area contributed by atoms with Gasteiger partial charge in [0.25, 0.3) is 0 Å². The average Bonchev–Trinajstić information content (AvgIpc) is 2.35. The van der Waals surface area contributed by atoms with E-state index < -0.39 is 22.0 Å². The monoisotopic (exact) mass is 273 g/mol. The summed E-state index contributed by atoms with van der Waals surface area (Å²) < 4.78 is 30.9. The highest BCUT2D eigenvalue weighted by atomic mass is 32.2. The van der Waals surface area contributed by atoms with Gasteiger partial charge in [0.15, 0.2) is 0 Å². The predicted octanol–water partition coefficient (Wildman–Crippen LogP) is 0.837. The van der Waals surface area contributed by atoms with Crippen molar-refractivity contribution in [3.8, 4) is 5.75 Å². The molecule has 0 radical (unpaired) electrons. The van der Waals surface area contributed by atoms with Crippen LogP contribution in [0.5, 0.6) is 5.75 Å². The average molecular weight is 273 g/mol. The van der Waals surface area contributed by atoms with Crippen LogP contribution >= 0.6 is 0 Å². The molecule has 1 aromatic carbocycles. The maximum atomic E-state index is 11.9. The zero-order valence-corrected chi connectivity index (χ0v) is 10.9. The summed E-state index contributed by atoms with van der Waals surface area (Å²) >= 11 is 0. The van der Waals surface area contributed by atoms with E-state index in [1.165, 1.54) is 25.3 Å². The number of methoxy groups -OCH3 is 1. The van der Waals surface area contributed by atoms with Gasteiger partial charge in [-0.3, -0.25) is 4.79 Å². The highest BCUT2D eigenvalue weighted by Crippen LogP contribution is 2.17. The largest absolute Gasteiger partial charge is 0.497 e. The molecule has 0 aliphatic rings. The van der Waals surface area contributed by atoms with Gasteiger partial charge in [-0.25, -0.2) is 8.42 Å². The number of aliphatic carboxylic acids is 1. The van der Waals surface area contributed by atoms with Gasteiger partial charge in [0.05, 0.1) is 12.0 Å². The van der Waals surface area contributed by atoms with E-state index in [0.29, 0.717) is 5.75 Å². The number of nitrogens with one attached hydrogen (secondary N) is 1. The molecular formula is C11H15NO5S. The fourth-order valence-corrected chi connectivity index (χ4v) is 2.64. The van der Waals surface area contributed by atoms with E-state index in [1.54, 1.807) is 13.0 Å². The molecule has 7 heteroatoms. The fraction of sp³-hybridized carbons (Fsp3) is 0.364. The highest BCUT2D eigenvalue weighted by molar-refractivity contribution is 7.89. The van der Waals surface area contributed by atoms with Crippen molar-refractivity contribution < 1.29 is 23.1 Å². The van der Waals surface area contributed by atoms with Gasteiger partial charge in [-0.2, -0.15) is 4.72 Å². The first kappa shape index (κ1) is 14.5. The van der Waals surface area contributed by atoms with Crippen LogP contribution in [0.15, 0.2) is 29.2 Å². The van der Waals surface area contributed by atoms with Crippen molar-refractivity contribution in [2.24, 2.45) is 0 Å². The summed E-state index contributed by atoms with van der Waals surface area (Å²) in [5.74, 6) is -0.815. The van der Waals surface area contributed by atoms with Gasteiger partial charge in [-0.05, 0) is 18.6 Å². The van der Waals surface area contributed by atoms with Crippen molar-refractivity contribution >= 4 is 16.0 Å². The second-order valence-electron chi connectivity index (χ2n) is 3.60. The van der Waals surface area contributed by atoms with E-state index in [0.717, 1.165) is 0 Å². The molecule has 0 unspecified atom stereocenters. The molecule has 0 fully saturated rings. The van der Waals surface area contributed by atoms with Crippen molar-refractivity contribution in [2.45, 2.75) is 24.3 Å². The summed E-state index contributed by atoms with van der Waals surface area (Å²) in [6.07, 6.45) is 0.165. The second kappa shape index (κ2) is 5.83. The predicted molar refractivity (Wildman–Crippen MR) is 65.0 cm³/mol. The summed E-state index contributed by atoms with van der Waals surface area (Å²) in [5, 5.41) is 8.83. The highest BCUT2D eigenvalue weighted by Gasteiger charge is 2.23. The first-order valence-corrected chi connectivity index (χ1v) is 6.78. The topological polar surface area (TPSA) is 92.7 Å². The van der Waals surface area contributed by atoms with Crippen LogP contribution < -0.4 is 9.46 Å². The van der Waals surface area contributed by atoms with Crippen molar-refractivity contribution in [3.05, 3.63) is 24.3 Å². The number of sulfonamides is 1. The number of rotatable bonds is 6. The van der Waals surface area contributed by atoms with E-state index in [2.05, 4.69) is 4.72 Å². The van der Waals surface area contributed by atoms with Gasteiger partial charge < -0.3 is 9.84 Å². The minimum atomic E-state index is -3.86. The van der Waals surface area contributed by atoms with Crippen molar-refractivity contribution in [3.63, 3.8) is 0 Å². The first-order valence-electron chi connectivity index (χ1n) is 5.30. The number of carboxylic acids is 1. The molecule has 2 N–H and O–H groups in total. The van der Waals surface area contributed by atoms with Gasteiger partial charge in [-0.15, -0.1) is 0 Å². The third-order valence-corrected chi connectivity index (χ3v) is 3.82. The lowest BCUT2D eigenvalue weighted by atomic mass is 10.2. The van der Waals surface area contributed by atoms with Crippen LogP contribution in [0, 0.1) is 0 Å². The molecule has 18 heavy (non-hydrogen) atoms. The molecule has 6 nitrogen and oxygen atoms in total. The van der Waals surface area contributed by atoms with Crippen LogP contribution in [-0.2, 0) is 14.8 Å². The number of hydrogen-bond donors (Lipinski definition) is 2. The maximum Gasteiger partial charge on any atom is 0.321 e. The summed E-state index contributed by atoms with van der Waals surface area (Å²) in [6.45, 7) is 1.59. The Morgan fingerprint density at radius 3 is 2.67 bits per heavy atom. The fourth-order valence-electron chi connectivity index (χ4n) is 1.33. The second-order valence-corrected chi connectivity index (χ2v) is 5.31. The number of hydrogen-bond acceptors (Lipinski definition) is 4. The smallest absolute Gasteiger partial charge is 0.321 e. The molecule has 100 valence electrons. The number of ether oxygens (including phenoxy) is 1. The molecule has 1 aromatic rings. The molecular weight excluding hydrogens is 258 g/mol. The van der Waals surface area contributed by atoms with E-state index in [1.807, 2.05) is 0 Å².